The molecule has 0 amide bonds. The number of hydrogen-bond acceptors (Lipinski definition) is 8. The number of aromatic nitrogens is 1. The number of hydrogen-bond donors (Lipinski definition) is 3. The molecule has 1 aromatic heterocycles. The second kappa shape index (κ2) is 13.5. The van der Waals surface area contributed by atoms with Crippen molar-refractivity contribution in [1.29, 1.82) is 0 Å². The molecule has 2 aliphatic heterocycles. The molecule has 0 saturated carbocycles. The summed E-state index contributed by atoms with van der Waals surface area (Å²) in [7, 11) is 0. The lowest BCUT2D eigenvalue weighted by Gasteiger charge is -2.26. The lowest BCUT2D eigenvalue weighted by molar-refractivity contribution is -0.137. The molecule has 4 rings (SSSR count). The van der Waals surface area contributed by atoms with Gasteiger partial charge < -0.3 is 30.6 Å². The minimum Gasteiger partial charge on any atom is -0.473 e. The van der Waals surface area contributed by atoms with Crippen LogP contribution in [0.5, 0.6) is 5.88 Å². The van der Waals surface area contributed by atoms with Crippen LogP contribution in [-0.2, 0) is 15.7 Å². The average Bonchev–Trinajstić information content (AvgIpc) is 3.47. The van der Waals surface area contributed by atoms with Crippen molar-refractivity contribution >= 4 is 29.8 Å². The smallest absolute Gasteiger partial charge is 0.417 e. The van der Waals surface area contributed by atoms with Crippen LogP contribution >= 0.6 is 0 Å². The first kappa shape index (κ1) is 33.8. The van der Waals surface area contributed by atoms with Crippen molar-refractivity contribution in [3.63, 3.8) is 0 Å². The number of nitrogens with one attached hydrogen (secondary N) is 2. The second-order valence-corrected chi connectivity index (χ2v) is 10.7. The van der Waals surface area contributed by atoms with Crippen molar-refractivity contribution in [1.82, 2.24) is 10.3 Å². The van der Waals surface area contributed by atoms with Crippen LogP contribution in [0.3, 0.4) is 0 Å². The number of nitrogen functional groups attached to an aromatic ring is 1. The lowest BCUT2D eigenvalue weighted by atomic mass is 9.89. The van der Waals surface area contributed by atoms with Gasteiger partial charge in [-0.05, 0) is 45.5 Å². The van der Waals surface area contributed by atoms with Gasteiger partial charge in [0, 0.05) is 30.8 Å². The van der Waals surface area contributed by atoms with Gasteiger partial charge in [-0.15, -0.1) is 0 Å². The minimum absolute atomic E-state index is 0.0315. The van der Waals surface area contributed by atoms with E-state index in [0.29, 0.717) is 24.7 Å². The molecule has 45 heavy (non-hydrogen) atoms. The molecule has 1 unspecified atom stereocenters. The van der Waals surface area contributed by atoms with Crippen LogP contribution in [-0.4, -0.2) is 63.2 Å². The number of anilines is 2. The van der Waals surface area contributed by atoms with E-state index in [1.54, 1.807) is 19.9 Å². The first-order chi connectivity index (χ1) is 21.2. The number of allylic oxidation sites excluding steroid dienone is 1. The monoisotopic (exact) mass is 646 g/mol. The van der Waals surface area contributed by atoms with Crippen molar-refractivity contribution in [2.24, 2.45) is 15.4 Å². The molecule has 0 radical (unpaired) electrons. The summed E-state index contributed by atoms with van der Waals surface area (Å²) >= 11 is 0. The topological polar surface area (TPSA) is 115 Å². The normalized spacial score (nSPS) is 22.0. The third-order valence-corrected chi connectivity index (χ3v) is 7.59. The number of aliphatic imine (C=N–C) groups is 2. The van der Waals surface area contributed by atoms with Crippen molar-refractivity contribution in [2.75, 3.05) is 44.0 Å². The predicted octanol–water partition coefficient (Wildman–Crippen LogP) is 6.39. The highest BCUT2D eigenvalue weighted by Crippen LogP contribution is 2.47. The van der Waals surface area contributed by atoms with E-state index in [2.05, 4.69) is 32.3 Å². The molecule has 2 aliphatic rings. The van der Waals surface area contributed by atoms with Crippen molar-refractivity contribution < 1.29 is 44.9 Å². The summed E-state index contributed by atoms with van der Waals surface area (Å²) in [6.45, 7) is 7.29. The highest BCUT2D eigenvalue weighted by atomic mass is 19.4. The largest absolute Gasteiger partial charge is 0.473 e. The number of pyridine rings is 1. The van der Waals surface area contributed by atoms with Crippen molar-refractivity contribution in [3.05, 3.63) is 40.6 Å². The van der Waals surface area contributed by atoms with Gasteiger partial charge in [-0.2, -0.15) is 18.2 Å². The molecule has 3 heterocycles. The Kier molecular flexibility index (Phi) is 10.1. The molecule has 4 N–H and O–H groups in total. The van der Waals surface area contributed by atoms with Gasteiger partial charge in [-0.3, -0.25) is 0 Å². The Labute approximate surface area is 254 Å². The standard InChI is InChI=1S/C29H33F7N6O3/c1-5-16-11-40-24-23(42-27(38-4)44-13-28(26(32)33)7-9-43-12-28)21(31)22(41-25(24)45-14(2)6-8-39-16)17-10-18(37)20(30)15(3)19(17)29(34,35)36/h5,10,14,26,39-40H,4,6-9,11-13,37H2,1-3H3/b16-5-,42-27?/t14-,28?/m0/s1. The first-order valence-corrected chi connectivity index (χ1v) is 14.0. The highest BCUT2D eigenvalue weighted by Gasteiger charge is 2.45. The van der Waals surface area contributed by atoms with Gasteiger partial charge in [0.2, 0.25) is 12.3 Å². The maximum absolute atomic E-state index is 16.6. The summed E-state index contributed by atoms with van der Waals surface area (Å²) < 4.78 is 118. The molecular formula is C29H33F7N6O3. The van der Waals surface area contributed by atoms with E-state index in [1.165, 1.54) is 0 Å². The molecule has 1 saturated heterocycles. The minimum atomic E-state index is -5.14. The Morgan fingerprint density at radius 3 is 2.62 bits per heavy atom. The van der Waals surface area contributed by atoms with Crippen LogP contribution in [0, 0.1) is 24.0 Å². The molecule has 1 aromatic carbocycles. The van der Waals surface area contributed by atoms with Crippen LogP contribution in [0.15, 0.2) is 27.8 Å². The van der Waals surface area contributed by atoms with E-state index < -0.39 is 82.1 Å². The zero-order valence-corrected chi connectivity index (χ0v) is 24.8. The van der Waals surface area contributed by atoms with Gasteiger partial charge in [-0.1, -0.05) is 6.08 Å². The maximum Gasteiger partial charge on any atom is 0.417 e. The number of nitrogens with two attached hydrogens (primary N) is 1. The average molecular weight is 647 g/mol. The van der Waals surface area contributed by atoms with E-state index in [1.807, 2.05) is 0 Å². The zero-order chi connectivity index (χ0) is 33.1. The van der Waals surface area contributed by atoms with Gasteiger partial charge in [0.15, 0.2) is 5.82 Å². The fourth-order valence-corrected chi connectivity index (χ4v) is 4.95. The third-order valence-electron chi connectivity index (χ3n) is 7.59. The van der Waals surface area contributed by atoms with E-state index in [4.69, 9.17) is 19.9 Å². The number of alkyl halides is 5. The van der Waals surface area contributed by atoms with Crippen LogP contribution in [0.25, 0.3) is 11.3 Å². The summed E-state index contributed by atoms with van der Waals surface area (Å²) in [6.07, 6.45) is -6.42. The number of nitrogens with zero attached hydrogens (tertiary/aromatic N) is 3. The Morgan fingerprint density at radius 1 is 1.29 bits per heavy atom. The fraction of sp³-hybridized carbons (Fsp3) is 0.483. The Balaban J connectivity index is 1.98. The number of amidine groups is 1. The molecule has 16 heteroatoms. The molecule has 1 fully saturated rings. The van der Waals surface area contributed by atoms with Gasteiger partial charge in [0.1, 0.15) is 29.5 Å². The summed E-state index contributed by atoms with van der Waals surface area (Å²) in [6, 6.07) is -0.0206. The van der Waals surface area contributed by atoms with Crippen LogP contribution in [0.4, 0.5) is 47.8 Å². The molecule has 246 valence electrons. The van der Waals surface area contributed by atoms with E-state index >= 15 is 4.39 Å². The van der Waals surface area contributed by atoms with Gasteiger partial charge in [0.05, 0.1) is 35.9 Å². The zero-order valence-electron chi connectivity index (χ0n) is 24.8. The van der Waals surface area contributed by atoms with Gasteiger partial charge in [-0.25, -0.2) is 27.5 Å². The highest BCUT2D eigenvalue weighted by molar-refractivity contribution is 5.87. The molecule has 0 bridgehead atoms. The molecule has 0 spiro atoms. The second-order valence-electron chi connectivity index (χ2n) is 10.7. The Bertz CT molecular complexity index is 1490. The quantitative estimate of drug-likeness (QED) is 0.149. The van der Waals surface area contributed by atoms with Crippen LogP contribution in [0.2, 0.25) is 0 Å². The summed E-state index contributed by atoms with van der Waals surface area (Å²) in [5.41, 5.74) is -0.989. The van der Waals surface area contributed by atoms with Gasteiger partial charge >= 0.3 is 12.2 Å². The maximum atomic E-state index is 16.6. The Hall–Kier alpha value is -4.08. The van der Waals surface area contributed by atoms with Crippen LogP contribution < -0.4 is 21.1 Å². The van der Waals surface area contributed by atoms with Crippen molar-refractivity contribution in [3.8, 4) is 17.1 Å². The Morgan fingerprint density at radius 2 is 2.02 bits per heavy atom. The van der Waals surface area contributed by atoms with E-state index in [9.17, 15) is 26.3 Å². The summed E-state index contributed by atoms with van der Waals surface area (Å²) in [4.78, 5) is 11.8. The molecule has 2 atom stereocenters. The predicted molar refractivity (Wildman–Crippen MR) is 155 cm³/mol. The molecule has 9 nitrogen and oxygen atoms in total. The molecule has 0 aliphatic carbocycles. The van der Waals surface area contributed by atoms with E-state index in [0.717, 1.165) is 6.92 Å². The van der Waals surface area contributed by atoms with Gasteiger partial charge in [0.25, 0.3) is 0 Å². The number of halogens is 7. The summed E-state index contributed by atoms with van der Waals surface area (Å²) in [5, 5.41) is 6.13. The van der Waals surface area contributed by atoms with Crippen molar-refractivity contribution in [2.45, 2.75) is 52.3 Å². The summed E-state index contributed by atoms with van der Waals surface area (Å²) in [5.74, 6) is -3.06. The molecular weight excluding hydrogens is 613 g/mol. The number of benzene rings is 1. The SMILES string of the molecule is C=NC(=Nc1c(F)c(-c2cc(N)c(F)c(C)c2C(F)(F)F)nc2c1NC/C(=C/C)NCC[C@H](C)O2)OCC1(C(F)F)CCOC1. The third kappa shape index (κ3) is 7.10. The van der Waals surface area contributed by atoms with E-state index in [-0.39, 0.29) is 37.7 Å². The fourth-order valence-electron chi connectivity index (χ4n) is 4.95. The number of rotatable bonds is 5. The molecule has 2 aromatic rings. The van der Waals surface area contributed by atoms with Crippen LogP contribution in [0.1, 0.15) is 37.8 Å². The number of fused-ring (bicyclic) bond motifs is 1. The number of ether oxygens (including phenoxy) is 3. The first-order valence-electron chi connectivity index (χ1n) is 14.0. The lowest BCUT2D eigenvalue weighted by Crippen LogP contribution is -2.36.